The van der Waals surface area contributed by atoms with Gasteiger partial charge in [0.05, 0.1) is 5.41 Å². The summed E-state index contributed by atoms with van der Waals surface area (Å²) in [7, 11) is 0. The third kappa shape index (κ3) is 2.56. The number of carbonyl (C=O) groups excluding carboxylic acids is 1. The Labute approximate surface area is 98.4 Å². The van der Waals surface area contributed by atoms with E-state index in [0.717, 1.165) is 19.5 Å². The van der Waals surface area contributed by atoms with E-state index in [1.54, 1.807) is 0 Å². The molecular formula is C13H22N2O. The molecule has 3 nitrogen and oxygen atoms in total. The second-order valence-electron chi connectivity index (χ2n) is 5.02. The molecule has 0 bridgehead atoms. The largest absolute Gasteiger partial charge is 0.352 e. The molecule has 2 N–H and O–H groups in total. The molecule has 1 fully saturated rings. The summed E-state index contributed by atoms with van der Waals surface area (Å²) in [6, 6.07) is 0.0636. The highest BCUT2D eigenvalue weighted by Crippen LogP contribution is 2.34. The third-order valence-electron chi connectivity index (χ3n) is 3.55. The van der Waals surface area contributed by atoms with Crippen LogP contribution in [0.5, 0.6) is 0 Å². The Hall–Kier alpha value is -1.01. The van der Waals surface area contributed by atoms with E-state index < -0.39 is 0 Å². The zero-order chi connectivity index (χ0) is 12.2. The van der Waals surface area contributed by atoms with Gasteiger partial charge in [-0.25, -0.2) is 0 Å². The Balaban J connectivity index is 2.66. The van der Waals surface area contributed by atoms with Crippen molar-refractivity contribution in [2.45, 2.75) is 39.7 Å². The van der Waals surface area contributed by atoms with Crippen molar-refractivity contribution in [1.29, 1.82) is 0 Å². The number of rotatable bonds is 4. The van der Waals surface area contributed by atoms with E-state index in [1.807, 2.05) is 6.92 Å². The van der Waals surface area contributed by atoms with Crippen LogP contribution >= 0.6 is 0 Å². The predicted octanol–water partition coefficient (Wildman–Crippen LogP) is 1.15. The summed E-state index contributed by atoms with van der Waals surface area (Å²) in [5.41, 5.74) is -0.247. The van der Waals surface area contributed by atoms with E-state index in [9.17, 15) is 4.79 Å². The minimum atomic E-state index is -0.247. The van der Waals surface area contributed by atoms with E-state index in [4.69, 9.17) is 6.42 Å². The molecule has 1 rings (SSSR count). The van der Waals surface area contributed by atoms with Gasteiger partial charge in [0.25, 0.3) is 0 Å². The Morgan fingerprint density at radius 1 is 1.56 bits per heavy atom. The van der Waals surface area contributed by atoms with Crippen molar-refractivity contribution in [3.8, 4) is 12.3 Å². The highest BCUT2D eigenvalue weighted by molar-refractivity contribution is 5.83. The van der Waals surface area contributed by atoms with Crippen LogP contribution in [-0.2, 0) is 4.79 Å². The minimum Gasteiger partial charge on any atom is -0.352 e. The van der Waals surface area contributed by atoms with Gasteiger partial charge < -0.3 is 10.6 Å². The molecule has 0 aliphatic carbocycles. The lowest BCUT2D eigenvalue weighted by molar-refractivity contribution is -0.133. The van der Waals surface area contributed by atoms with Crippen molar-refractivity contribution in [3.63, 3.8) is 0 Å². The zero-order valence-corrected chi connectivity index (χ0v) is 10.5. The maximum absolute atomic E-state index is 12.3. The Kier molecular flexibility index (Phi) is 4.37. The van der Waals surface area contributed by atoms with Gasteiger partial charge in [-0.1, -0.05) is 13.8 Å². The van der Waals surface area contributed by atoms with Crippen molar-refractivity contribution in [1.82, 2.24) is 10.6 Å². The molecule has 0 saturated carbocycles. The maximum Gasteiger partial charge on any atom is 0.228 e. The molecule has 90 valence electrons. The fourth-order valence-electron chi connectivity index (χ4n) is 2.26. The first-order valence-corrected chi connectivity index (χ1v) is 5.98. The lowest BCUT2D eigenvalue weighted by atomic mass is 9.75. The lowest BCUT2D eigenvalue weighted by Gasteiger charge is -2.32. The highest BCUT2D eigenvalue weighted by Gasteiger charge is 2.43. The topological polar surface area (TPSA) is 41.1 Å². The van der Waals surface area contributed by atoms with Gasteiger partial charge in [-0.05, 0) is 25.8 Å². The molecule has 1 heterocycles. The Morgan fingerprint density at radius 2 is 2.25 bits per heavy atom. The number of hydrogen-bond acceptors (Lipinski definition) is 2. The van der Waals surface area contributed by atoms with Crippen LogP contribution < -0.4 is 10.6 Å². The molecule has 0 aromatic carbocycles. The minimum absolute atomic E-state index is 0.0636. The predicted molar refractivity (Wildman–Crippen MR) is 65.8 cm³/mol. The molecule has 2 unspecified atom stereocenters. The first-order valence-electron chi connectivity index (χ1n) is 5.98. The molecule has 16 heavy (non-hydrogen) atoms. The van der Waals surface area contributed by atoms with Gasteiger partial charge in [-0.2, -0.15) is 0 Å². The van der Waals surface area contributed by atoms with Crippen molar-refractivity contribution in [3.05, 3.63) is 0 Å². The van der Waals surface area contributed by atoms with E-state index >= 15 is 0 Å². The van der Waals surface area contributed by atoms with Gasteiger partial charge in [0, 0.05) is 19.0 Å². The monoisotopic (exact) mass is 222 g/mol. The van der Waals surface area contributed by atoms with Crippen LogP contribution in [0, 0.1) is 23.7 Å². The van der Waals surface area contributed by atoms with E-state index in [1.165, 1.54) is 0 Å². The number of amides is 1. The molecular weight excluding hydrogens is 200 g/mol. The summed E-state index contributed by atoms with van der Waals surface area (Å²) in [6.07, 6.45) is 6.74. The zero-order valence-electron chi connectivity index (χ0n) is 10.5. The SMILES string of the molecule is C#CCC(C)NC(=O)C1(C(C)C)CCNC1. The second-order valence-corrected chi connectivity index (χ2v) is 5.02. The van der Waals surface area contributed by atoms with Crippen LogP contribution in [0.1, 0.15) is 33.6 Å². The first-order chi connectivity index (χ1) is 7.53. The van der Waals surface area contributed by atoms with Crippen LogP contribution in [0.3, 0.4) is 0 Å². The summed E-state index contributed by atoms with van der Waals surface area (Å²) in [4.78, 5) is 12.3. The molecule has 0 spiro atoms. The average molecular weight is 222 g/mol. The molecule has 0 aromatic rings. The van der Waals surface area contributed by atoms with Crippen LogP contribution in [0.4, 0.5) is 0 Å². The summed E-state index contributed by atoms with van der Waals surface area (Å²) in [5, 5.41) is 6.30. The van der Waals surface area contributed by atoms with Crippen molar-refractivity contribution < 1.29 is 4.79 Å². The van der Waals surface area contributed by atoms with E-state index in [2.05, 4.69) is 30.4 Å². The van der Waals surface area contributed by atoms with Gasteiger partial charge >= 0.3 is 0 Å². The Morgan fingerprint density at radius 3 is 2.69 bits per heavy atom. The van der Waals surface area contributed by atoms with Gasteiger partial charge in [0.1, 0.15) is 0 Å². The summed E-state index contributed by atoms with van der Waals surface area (Å²) in [5.74, 6) is 3.07. The van der Waals surface area contributed by atoms with Gasteiger partial charge in [-0.15, -0.1) is 12.3 Å². The fourth-order valence-corrected chi connectivity index (χ4v) is 2.26. The smallest absolute Gasteiger partial charge is 0.228 e. The second kappa shape index (κ2) is 5.36. The van der Waals surface area contributed by atoms with Crippen molar-refractivity contribution in [2.75, 3.05) is 13.1 Å². The van der Waals surface area contributed by atoms with Gasteiger partial charge in [0.2, 0.25) is 5.91 Å². The van der Waals surface area contributed by atoms with Crippen molar-refractivity contribution in [2.24, 2.45) is 11.3 Å². The molecule has 3 heteroatoms. The van der Waals surface area contributed by atoms with Crippen LogP contribution in [0.25, 0.3) is 0 Å². The summed E-state index contributed by atoms with van der Waals surface area (Å²) in [6.45, 7) is 7.87. The highest BCUT2D eigenvalue weighted by atomic mass is 16.2. The maximum atomic E-state index is 12.3. The quantitative estimate of drug-likeness (QED) is 0.701. The lowest BCUT2D eigenvalue weighted by Crippen LogP contribution is -2.48. The van der Waals surface area contributed by atoms with Crippen LogP contribution in [0.15, 0.2) is 0 Å². The van der Waals surface area contributed by atoms with Crippen LogP contribution in [0.2, 0.25) is 0 Å². The molecule has 1 aliphatic heterocycles. The fraction of sp³-hybridized carbons (Fsp3) is 0.769. The van der Waals surface area contributed by atoms with E-state index in [-0.39, 0.29) is 17.4 Å². The molecule has 1 aliphatic rings. The summed E-state index contributed by atoms with van der Waals surface area (Å²) >= 11 is 0. The molecule has 1 saturated heterocycles. The molecule has 2 atom stereocenters. The van der Waals surface area contributed by atoms with Gasteiger partial charge in [-0.3, -0.25) is 4.79 Å². The standard InChI is InChI=1S/C13H22N2O/c1-5-6-11(4)15-12(16)13(10(2)3)7-8-14-9-13/h1,10-11,14H,6-9H2,2-4H3,(H,15,16). The molecule has 1 amide bonds. The first kappa shape index (κ1) is 13.1. The number of nitrogens with one attached hydrogen (secondary N) is 2. The third-order valence-corrected chi connectivity index (χ3v) is 3.55. The summed E-state index contributed by atoms with van der Waals surface area (Å²) < 4.78 is 0. The average Bonchev–Trinajstić information content (AvgIpc) is 2.67. The number of terminal acetylenes is 1. The van der Waals surface area contributed by atoms with Crippen LogP contribution in [-0.4, -0.2) is 25.0 Å². The molecule has 0 radical (unpaired) electrons. The van der Waals surface area contributed by atoms with Crippen molar-refractivity contribution >= 4 is 5.91 Å². The van der Waals surface area contributed by atoms with E-state index in [0.29, 0.717) is 12.3 Å². The normalized spacial score (nSPS) is 26.4. The number of hydrogen-bond donors (Lipinski definition) is 2. The Bertz CT molecular complexity index is 285. The molecule has 0 aromatic heterocycles. The van der Waals surface area contributed by atoms with Gasteiger partial charge in [0.15, 0.2) is 0 Å². The number of carbonyl (C=O) groups is 1.